The first-order chi connectivity index (χ1) is 8.24. The lowest BCUT2D eigenvalue weighted by Crippen LogP contribution is -2.16. The average molecular weight is 291 g/mol. The van der Waals surface area contributed by atoms with E-state index in [-0.39, 0.29) is 17.6 Å². The molecule has 1 aromatic carbocycles. The van der Waals surface area contributed by atoms with Crippen LogP contribution < -0.4 is 4.74 Å². The van der Waals surface area contributed by atoms with Crippen molar-refractivity contribution in [2.45, 2.75) is 26.7 Å². The van der Waals surface area contributed by atoms with Gasteiger partial charge in [-0.15, -0.1) is 0 Å². The van der Waals surface area contributed by atoms with Crippen LogP contribution in [0.2, 0.25) is 0 Å². The molecule has 0 spiro atoms. The van der Waals surface area contributed by atoms with Gasteiger partial charge in [-0.3, -0.25) is 0 Å². The molecular formula is C13H19ClO3S. The third kappa shape index (κ3) is 4.18. The predicted octanol–water partition coefficient (Wildman–Crippen LogP) is 3.31. The molecule has 5 heteroatoms. The summed E-state index contributed by atoms with van der Waals surface area (Å²) in [5.74, 6) is 0.858. The minimum Gasteiger partial charge on any atom is -0.496 e. The van der Waals surface area contributed by atoms with E-state index >= 15 is 0 Å². The second kappa shape index (κ2) is 5.93. The smallest absolute Gasteiger partial charge is 0.233 e. The van der Waals surface area contributed by atoms with E-state index in [1.54, 1.807) is 7.11 Å². The predicted molar refractivity (Wildman–Crippen MR) is 74.9 cm³/mol. The molecule has 0 N–H and O–H groups in total. The van der Waals surface area contributed by atoms with Crippen LogP contribution >= 0.6 is 10.7 Å². The molecule has 0 amide bonds. The molecule has 1 unspecified atom stereocenters. The summed E-state index contributed by atoms with van der Waals surface area (Å²) in [5, 5.41) is 0. The summed E-state index contributed by atoms with van der Waals surface area (Å²) in [6.07, 6.45) is 0. The first-order valence-electron chi connectivity index (χ1n) is 5.81. The third-order valence-corrected chi connectivity index (χ3v) is 4.17. The molecule has 1 aromatic rings. The Labute approximate surface area is 114 Å². The Morgan fingerprint density at radius 2 is 1.94 bits per heavy atom. The summed E-state index contributed by atoms with van der Waals surface area (Å²) in [6, 6.07) is 5.73. The van der Waals surface area contributed by atoms with Crippen LogP contribution in [0.5, 0.6) is 5.75 Å². The fraction of sp³-hybridized carbons (Fsp3) is 0.538. The van der Waals surface area contributed by atoms with Crippen molar-refractivity contribution in [1.82, 2.24) is 0 Å². The third-order valence-electron chi connectivity index (χ3n) is 3.03. The number of benzene rings is 1. The van der Waals surface area contributed by atoms with Gasteiger partial charge in [0.05, 0.1) is 12.9 Å². The Balaban J connectivity index is 3.11. The standard InChI is InChI=1S/C13H19ClO3S/c1-9(2)12(8-18(14,15)16)11-5-6-13(17-4)10(3)7-11/h5-7,9,12H,8H2,1-4H3. The van der Waals surface area contributed by atoms with E-state index in [9.17, 15) is 8.42 Å². The zero-order valence-corrected chi connectivity index (χ0v) is 12.7. The Morgan fingerprint density at radius 3 is 2.33 bits per heavy atom. The lowest BCUT2D eigenvalue weighted by atomic mass is 9.89. The monoisotopic (exact) mass is 290 g/mol. The number of rotatable bonds is 5. The largest absolute Gasteiger partial charge is 0.496 e. The molecule has 18 heavy (non-hydrogen) atoms. The van der Waals surface area contributed by atoms with Gasteiger partial charge in [-0.25, -0.2) is 8.42 Å². The van der Waals surface area contributed by atoms with Crippen LogP contribution in [0.3, 0.4) is 0 Å². The number of hydrogen-bond acceptors (Lipinski definition) is 3. The van der Waals surface area contributed by atoms with Gasteiger partial charge < -0.3 is 4.74 Å². The Kier molecular flexibility index (Phi) is 5.05. The van der Waals surface area contributed by atoms with Crippen LogP contribution in [0.4, 0.5) is 0 Å². The molecule has 102 valence electrons. The number of halogens is 1. The molecular weight excluding hydrogens is 272 g/mol. The number of hydrogen-bond donors (Lipinski definition) is 0. The lowest BCUT2D eigenvalue weighted by molar-refractivity contribution is 0.411. The quantitative estimate of drug-likeness (QED) is 0.782. The summed E-state index contributed by atoms with van der Waals surface area (Å²) >= 11 is 0. The van der Waals surface area contributed by atoms with Crippen molar-refractivity contribution >= 4 is 19.7 Å². The second-order valence-electron chi connectivity index (χ2n) is 4.79. The van der Waals surface area contributed by atoms with Crippen molar-refractivity contribution in [2.24, 2.45) is 5.92 Å². The van der Waals surface area contributed by atoms with Crippen molar-refractivity contribution in [3.63, 3.8) is 0 Å². The van der Waals surface area contributed by atoms with Gasteiger partial charge in [-0.2, -0.15) is 0 Å². The van der Waals surface area contributed by atoms with Gasteiger partial charge in [0.15, 0.2) is 0 Å². The molecule has 0 radical (unpaired) electrons. The SMILES string of the molecule is COc1ccc(C(CS(=O)(=O)Cl)C(C)C)cc1C. The van der Waals surface area contributed by atoms with Crippen LogP contribution in [0.25, 0.3) is 0 Å². The van der Waals surface area contributed by atoms with E-state index < -0.39 is 9.05 Å². The van der Waals surface area contributed by atoms with Crippen molar-refractivity contribution < 1.29 is 13.2 Å². The van der Waals surface area contributed by atoms with Crippen molar-refractivity contribution in [3.05, 3.63) is 29.3 Å². The highest BCUT2D eigenvalue weighted by atomic mass is 35.7. The van der Waals surface area contributed by atoms with Crippen molar-refractivity contribution in [1.29, 1.82) is 0 Å². The van der Waals surface area contributed by atoms with Crippen LogP contribution in [-0.4, -0.2) is 21.3 Å². The summed E-state index contributed by atoms with van der Waals surface area (Å²) in [5.41, 5.74) is 1.97. The molecule has 0 aliphatic rings. The Hall–Kier alpha value is -0.740. The average Bonchev–Trinajstić information content (AvgIpc) is 2.24. The zero-order chi connectivity index (χ0) is 13.9. The normalized spacial score (nSPS) is 13.7. The second-order valence-corrected chi connectivity index (χ2v) is 7.61. The number of ether oxygens (including phenoxy) is 1. The van der Waals surface area contributed by atoms with Crippen LogP contribution in [0, 0.1) is 12.8 Å². The van der Waals surface area contributed by atoms with Crippen molar-refractivity contribution in [3.8, 4) is 5.75 Å². The topological polar surface area (TPSA) is 43.4 Å². The highest BCUT2D eigenvalue weighted by Gasteiger charge is 2.22. The minimum atomic E-state index is -3.50. The summed E-state index contributed by atoms with van der Waals surface area (Å²) in [6.45, 7) is 5.92. The van der Waals surface area contributed by atoms with E-state index in [4.69, 9.17) is 15.4 Å². The van der Waals surface area contributed by atoms with Gasteiger partial charge >= 0.3 is 0 Å². The maximum Gasteiger partial charge on any atom is 0.233 e. The Bertz CT molecular complexity index is 509. The fourth-order valence-corrected chi connectivity index (χ4v) is 3.43. The van der Waals surface area contributed by atoms with Crippen molar-refractivity contribution in [2.75, 3.05) is 12.9 Å². The van der Waals surface area contributed by atoms with Crippen LogP contribution in [-0.2, 0) is 9.05 Å². The number of aryl methyl sites for hydroxylation is 1. The molecule has 0 saturated heterocycles. The summed E-state index contributed by atoms with van der Waals surface area (Å²) < 4.78 is 27.7. The molecule has 0 heterocycles. The summed E-state index contributed by atoms with van der Waals surface area (Å²) in [4.78, 5) is 0. The lowest BCUT2D eigenvalue weighted by Gasteiger charge is -2.20. The first kappa shape index (κ1) is 15.3. The molecule has 3 nitrogen and oxygen atoms in total. The molecule has 0 aliphatic heterocycles. The van der Waals surface area contributed by atoms with Gasteiger partial charge in [-0.05, 0) is 30.0 Å². The molecule has 0 bridgehead atoms. The van der Waals surface area contributed by atoms with E-state index in [0.717, 1.165) is 16.9 Å². The van der Waals surface area contributed by atoms with Gasteiger partial charge in [0, 0.05) is 16.6 Å². The maximum atomic E-state index is 11.3. The van der Waals surface area contributed by atoms with Crippen LogP contribution in [0.1, 0.15) is 30.9 Å². The molecule has 1 atom stereocenters. The fourth-order valence-electron chi connectivity index (χ4n) is 2.02. The van der Waals surface area contributed by atoms with Gasteiger partial charge in [0.2, 0.25) is 9.05 Å². The summed E-state index contributed by atoms with van der Waals surface area (Å²) in [7, 11) is 3.48. The molecule has 0 saturated carbocycles. The molecule has 0 fully saturated rings. The van der Waals surface area contributed by atoms with E-state index in [1.165, 1.54) is 0 Å². The maximum absolute atomic E-state index is 11.3. The van der Waals surface area contributed by atoms with E-state index in [1.807, 2.05) is 39.0 Å². The van der Waals surface area contributed by atoms with Gasteiger partial charge in [0.1, 0.15) is 5.75 Å². The first-order valence-corrected chi connectivity index (χ1v) is 8.29. The van der Waals surface area contributed by atoms with E-state index in [0.29, 0.717) is 0 Å². The molecule has 0 aromatic heterocycles. The van der Waals surface area contributed by atoms with Crippen LogP contribution in [0.15, 0.2) is 18.2 Å². The number of methoxy groups -OCH3 is 1. The molecule has 1 rings (SSSR count). The zero-order valence-electron chi connectivity index (χ0n) is 11.1. The highest BCUT2D eigenvalue weighted by Crippen LogP contribution is 2.30. The Morgan fingerprint density at radius 1 is 1.33 bits per heavy atom. The van der Waals surface area contributed by atoms with Gasteiger partial charge in [-0.1, -0.05) is 26.0 Å². The van der Waals surface area contributed by atoms with Gasteiger partial charge in [0.25, 0.3) is 0 Å². The van der Waals surface area contributed by atoms with E-state index in [2.05, 4.69) is 0 Å². The minimum absolute atomic E-state index is 0.0437. The molecule has 0 aliphatic carbocycles. The highest BCUT2D eigenvalue weighted by molar-refractivity contribution is 8.13.